The number of rotatable bonds is 9. The summed E-state index contributed by atoms with van der Waals surface area (Å²) in [6, 6.07) is -1.32. The molecule has 0 saturated carbocycles. The Morgan fingerprint density at radius 2 is 1.09 bits per heavy atom. The molecule has 0 bridgehead atoms. The van der Waals surface area contributed by atoms with Gasteiger partial charge in [0, 0.05) is 0 Å². The van der Waals surface area contributed by atoms with Crippen LogP contribution in [0.3, 0.4) is 0 Å². The van der Waals surface area contributed by atoms with Crippen molar-refractivity contribution in [3.63, 3.8) is 0 Å². The van der Waals surface area contributed by atoms with Crippen molar-refractivity contribution in [2.45, 2.75) is 64.5 Å². The Balaban J connectivity index is -0.000000266. The standard InChI is InChI=1S/2C6H13NO2.C2H6O2/c2*1-2-3-4-5(7)6(8)9;3-1-2-4/h2*5H,2-4,7H2,1H3,(H,8,9);3-4H,1-2H2/t2*5-;/m00./s1. The van der Waals surface area contributed by atoms with Gasteiger partial charge in [-0.05, 0) is 12.8 Å². The summed E-state index contributed by atoms with van der Waals surface area (Å²) in [5, 5.41) is 31.8. The quantitative estimate of drug-likeness (QED) is 0.348. The van der Waals surface area contributed by atoms with Gasteiger partial charge < -0.3 is 31.9 Å². The van der Waals surface area contributed by atoms with Crippen LogP contribution in [0, 0.1) is 0 Å². The van der Waals surface area contributed by atoms with Gasteiger partial charge in [0.05, 0.1) is 13.2 Å². The molecule has 0 aromatic heterocycles. The first-order chi connectivity index (χ1) is 10.3. The van der Waals surface area contributed by atoms with Crippen LogP contribution in [0.1, 0.15) is 52.4 Å². The van der Waals surface area contributed by atoms with Crippen molar-refractivity contribution < 1.29 is 30.0 Å². The Kier molecular flexibility index (Phi) is 23.1. The lowest BCUT2D eigenvalue weighted by Crippen LogP contribution is -2.29. The fourth-order valence-electron chi connectivity index (χ4n) is 1.10. The third-order valence-corrected chi connectivity index (χ3v) is 2.47. The zero-order valence-electron chi connectivity index (χ0n) is 13.6. The molecule has 0 aromatic carbocycles. The molecule has 8 nitrogen and oxygen atoms in total. The Labute approximate surface area is 132 Å². The van der Waals surface area contributed by atoms with Crippen LogP contribution < -0.4 is 11.5 Å². The lowest BCUT2D eigenvalue weighted by molar-refractivity contribution is -0.139. The van der Waals surface area contributed by atoms with Gasteiger partial charge in [0.2, 0.25) is 0 Å². The van der Waals surface area contributed by atoms with Crippen LogP contribution in [0.25, 0.3) is 0 Å². The largest absolute Gasteiger partial charge is 0.480 e. The maximum Gasteiger partial charge on any atom is 0.320 e. The van der Waals surface area contributed by atoms with E-state index in [2.05, 4.69) is 0 Å². The summed E-state index contributed by atoms with van der Waals surface area (Å²) in [6.45, 7) is 3.77. The van der Waals surface area contributed by atoms with Gasteiger partial charge in [-0.2, -0.15) is 0 Å². The van der Waals surface area contributed by atoms with Crippen LogP contribution in [0.5, 0.6) is 0 Å². The van der Waals surface area contributed by atoms with Gasteiger partial charge in [-0.15, -0.1) is 0 Å². The van der Waals surface area contributed by atoms with Gasteiger partial charge in [-0.1, -0.05) is 39.5 Å². The molecular formula is C14H32N2O6. The molecule has 0 fully saturated rings. The minimum atomic E-state index is -0.900. The second-order valence-corrected chi connectivity index (χ2v) is 4.62. The predicted molar refractivity (Wildman–Crippen MR) is 84.4 cm³/mol. The molecule has 0 heterocycles. The van der Waals surface area contributed by atoms with Crippen LogP contribution in [0.4, 0.5) is 0 Å². The molecular weight excluding hydrogens is 292 g/mol. The number of aliphatic hydroxyl groups excluding tert-OH is 2. The van der Waals surface area contributed by atoms with Crippen LogP contribution in [-0.2, 0) is 9.59 Å². The average Bonchev–Trinajstić information content (AvgIpc) is 2.50. The van der Waals surface area contributed by atoms with Crippen molar-refractivity contribution in [3.8, 4) is 0 Å². The lowest BCUT2D eigenvalue weighted by Gasteiger charge is -2.02. The highest BCUT2D eigenvalue weighted by atomic mass is 16.4. The van der Waals surface area contributed by atoms with E-state index in [9.17, 15) is 9.59 Å². The monoisotopic (exact) mass is 324 g/mol. The van der Waals surface area contributed by atoms with E-state index in [1.807, 2.05) is 13.8 Å². The van der Waals surface area contributed by atoms with Gasteiger partial charge in [0.1, 0.15) is 12.1 Å². The van der Waals surface area contributed by atoms with Crippen molar-refractivity contribution in [1.29, 1.82) is 0 Å². The highest BCUT2D eigenvalue weighted by Gasteiger charge is 2.09. The number of carbonyl (C=O) groups is 2. The number of hydrogen-bond acceptors (Lipinski definition) is 6. The van der Waals surface area contributed by atoms with Gasteiger partial charge in [-0.3, -0.25) is 9.59 Å². The van der Waals surface area contributed by atoms with Gasteiger partial charge in [-0.25, -0.2) is 0 Å². The third kappa shape index (κ3) is 23.8. The Bertz CT molecular complexity index is 238. The molecule has 0 radical (unpaired) electrons. The Morgan fingerprint density at radius 1 is 0.818 bits per heavy atom. The summed E-state index contributed by atoms with van der Waals surface area (Å²) in [5.41, 5.74) is 10.4. The summed E-state index contributed by atoms with van der Waals surface area (Å²) in [7, 11) is 0. The van der Waals surface area contributed by atoms with Crippen LogP contribution in [0.15, 0.2) is 0 Å². The predicted octanol–water partition coefficient (Wildman–Crippen LogP) is 0.148. The Morgan fingerprint density at radius 3 is 1.23 bits per heavy atom. The topological polar surface area (TPSA) is 167 Å². The van der Waals surface area contributed by atoms with E-state index in [0.717, 1.165) is 25.7 Å². The number of carboxylic acids is 2. The lowest BCUT2D eigenvalue weighted by atomic mass is 10.1. The van der Waals surface area contributed by atoms with Crippen molar-refractivity contribution in [3.05, 3.63) is 0 Å². The number of aliphatic hydroxyl groups is 2. The molecule has 0 saturated heterocycles. The van der Waals surface area contributed by atoms with E-state index >= 15 is 0 Å². The number of aliphatic carboxylic acids is 2. The van der Waals surface area contributed by atoms with Crippen LogP contribution >= 0.6 is 0 Å². The number of unbranched alkanes of at least 4 members (excludes halogenated alkanes) is 2. The summed E-state index contributed by atoms with van der Waals surface area (Å²) >= 11 is 0. The second-order valence-electron chi connectivity index (χ2n) is 4.62. The number of nitrogens with two attached hydrogens (primary N) is 2. The van der Waals surface area contributed by atoms with Crippen molar-refractivity contribution in [2.75, 3.05) is 13.2 Å². The first kappa shape index (κ1) is 25.7. The molecule has 0 spiro atoms. The molecule has 8 heteroatoms. The van der Waals surface area contributed by atoms with Gasteiger partial charge >= 0.3 is 11.9 Å². The Hall–Kier alpha value is -1.22. The molecule has 0 unspecified atom stereocenters. The zero-order chi connectivity index (χ0) is 18.0. The first-order valence-electron chi connectivity index (χ1n) is 7.46. The molecule has 0 aliphatic heterocycles. The summed E-state index contributed by atoms with van der Waals surface area (Å²) in [6.07, 6.45) is 4.97. The van der Waals surface area contributed by atoms with Gasteiger partial charge in [0.15, 0.2) is 0 Å². The number of hydrogen-bond donors (Lipinski definition) is 6. The minimum Gasteiger partial charge on any atom is -0.480 e. The van der Waals surface area contributed by atoms with Crippen LogP contribution in [-0.4, -0.2) is 57.7 Å². The van der Waals surface area contributed by atoms with Crippen molar-refractivity contribution >= 4 is 11.9 Å². The average molecular weight is 324 g/mol. The summed E-state index contributed by atoms with van der Waals surface area (Å²) in [5.74, 6) is -1.80. The fraction of sp³-hybridized carbons (Fsp3) is 0.857. The van der Waals surface area contributed by atoms with E-state index in [-0.39, 0.29) is 13.2 Å². The molecule has 0 rings (SSSR count). The molecule has 2 atom stereocenters. The van der Waals surface area contributed by atoms with E-state index in [1.165, 1.54) is 0 Å². The molecule has 0 aliphatic carbocycles. The van der Waals surface area contributed by atoms with Crippen LogP contribution in [0.2, 0.25) is 0 Å². The maximum atomic E-state index is 10.1. The highest BCUT2D eigenvalue weighted by molar-refractivity contribution is 5.73. The molecule has 134 valence electrons. The highest BCUT2D eigenvalue weighted by Crippen LogP contribution is 1.97. The van der Waals surface area contributed by atoms with Crippen molar-refractivity contribution in [1.82, 2.24) is 0 Å². The van der Waals surface area contributed by atoms with E-state index in [1.54, 1.807) is 0 Å². The SMILES string of the molecule is CCCC[C@H](N)C(=O)O.CCCC[C@H](N)C(=O)O.OCCO. The molecule has 22 heavy (non-hydrogen) atoms. The third-order valence-electron chi connectivity index (χ3n) is 2.47. The van der Waals surface area contributed by atoms with E-state index in [0.29, 0.717) is 12.8 Å². The molecule has 0 aromatic rings. The smallest absolute Gasteiger partial charge is 0.320 e. The van der Waals surface area contributed by atoms with E-state index < -0.39 is 24.0 Å². The molecule has 8 N–H and O–H groups in total. The fourth-order valence-corrected chi connectivity index (χ4v) is 1.10. The summed E-state index contributed by atoms with van der Waals surface area (Å²) < 4.78 is 0. The molecule has 0 amide bonds. The van der Waals surface area contributed by atoms with Crippen molar-refractivity contribution in [2.24, 2.45) is 11.5 Å². The van der Waals surface area contributed by atoms with Gasteiger partial charge in [0.25, 0.3) is 0 Å². The molecule has 0 aliphatic rings. The summed E-state index contributed by atoms with van der Waals surface area (Å²) in [4.78, 5) is 20.2. The number of carboxylic acid groups (broad SMARTS) is 2. The second kappa shape index (κ2) is 19.8. The maximum absolute atomic E-state index is 10.1. The normalized spacial score (nSPS) is 12.1. The minimum absolute atomic E-state index is 0.125. The van der Waals surface area contributed by atoms with E-state index in [4.69, 9.17) is 31.9 Å². The zero-order valence-corrected chi connectivity index (χ0v) is 13.6. The first-order valence-corrected chi connectivity index (χ1v) is 7.46.